The predicted molar refractivity (Wildman–Crippen MR) is 125 cm³/mol. The minimum Gasteiger partial charge on any atom is -0.458 e. The molecule has 0 spiro atoms. The number of aromatic nitrogens is 4. The van der Waals surface area contributed by atoms with E-state index in [0.717, 1.165) is 44.2 Å². The van der Waals surface area contributed by atoms with Gasteiger partial charge in [-0.2, -0.15) is 0 Å². The zero-order valence-corrected chi connectivity index (χ0v) is 18.6. The number of hydrogen-bond donors (Lipinski definition) is 2. The first kappa shape index (κ1) is 20.5. The number of ether oxygens (including phenoxy) is 2. The van der Waals surface area contributed by atoms with Crippen molar-refractivity contribution in [2.24, 2.45) is 0 Å². The number of benzene rings is 2. The van der Waals surface area contributed by atoms with Gasteiger partial charge in [-0.15, -0.1) is 0 Å². The van der Waals surface area contributed by atoms with Crippen molar-refractivity contribution in [3.8, 4) is 11.4 Å². The Bertz CT molecular complexity index is 1470. The molecule has 0 bridgehead atoms. The van der Waals surface area contributed by atoms with Crippen molar-refractivity contribution in [3.05, 3.63) is 58.9 Å². The fourth-order valence-corrected chi connectivity index (χ4v) is 4.12. The Morgan fingerprint density at radius 2 is 1.84 bits per heavy atom. The number of rotatable bonds is 5. The number of carbonyl (C=O) groups is 1. The molecular formula is C24H21ClN4O3. The number of fused-ring (bicyclic) bond motifs is 5. The predicted octanol–water partition coefficient (Wildman–Crippen LogP) is 5.62. The van der Waals surface area contributed by atoms with E-state index in [-0.39, 0.29) is 18.4 Å². The summed E-state index contributed by atoms with van der Waals surface area (Å²) < 4.78 is 10.9. The number of carbonyl (C=O) groups excluding carboxylic acids is 1. The topological polar surface area (TPSA) is 92.9 Å². The molecule has 7 nitrogen and oxygen atoms in total. The highest BCUT2D eigenvalue weighted by molar-refractivity contribution is 6.30. The van der Waals surface area contributed by atoms with Crippen LogP contribution >= 0.6 is 11.6 Å². The molecule has 2 N–H and O–H groups in total. The molecule has 5 aromatic rings. The van der Waals surface area contributed by atoms with Gasteiger partial charge in [0.2, 0.25) is 0 Å². The molecule has 0 aliphatic rings. The number of hydrogen-bond acceptors (Lipinski definition) is 5. The smallest absolute Gasteiger partial charge is 0.357 e. The second-order valence-corrected chi connectivity index (χ2v) is 8.30. The third-order valence-electron chi connectivity index (χ3n) is 5.30. The molecule has 0 fully saturated rings. The summed E-state index contributed by atoms with van der Waals surface area (Å²) in [7, 11) is 1.59. The van der Waals surface area contributed by atoms with Crippen LogP contribution in [0.1, 0.15) is 29.9 Å². The van der Waals surface area contributed by atoms with Crippen molar-refractivity contribution in [3.63, 3.8) is 0 Å². The molecule has 5 rings (SSSR count). The van der Waals surface area contributed by atoms with Gasteiger partial charge in [0.25, 0.3) is 0 Å². The highest BCUT2D eigenvalue weighted by Crippen LogP contribution is 2.35. The Labute approximate surface area is 188 Å². The summed E-state index contributed by atoms with van der Waals surface area (Å²) in [6.45, 7) is 3.84. The molecule has 8 heteroatoms. The first-order valence-corrected chi connectivity index (χ1v) is 10.6. The summed E-state index contributed by atoms with van der Waals surface area (Å²) in [5.74, 6) is 0.266. The third kappa shape index (κ3) is 3.39. The molecule has 162 valence electrons. The van der Waals surface area contributed by atoms with Crippen LogP contribution in [-0.4, -0.2) is 39.1 Å². The van der Waals surface area contributed by atoms with Crippen molar-refractivity contribution in [2.75, 3.05) is 7.11 Å². The van der Waals surface area contributed by atoms with Crippen molar-refractivity contribution in [1.29, 1.82) is 0 Å². The van der Waals surface area contributed by atoms with Crippen molar-refractivity contribution < 1.29 is 14.3 Å². The SMILES string of the molecule is COCc1c(C(=O)OC(C)C)ncc2[nH]c3ccc4nc(-c5ccc(Cl)cc5)[nH]c4c3c12. The molecule has 0 unspecified atom stereocenters. The maximum Gasteiger partial charge on any atom is 0.357 e. The van der Waals surface area contributed by atoms with Crippen LogP contribution < -0.4 is 0 Å². The minimum absolute atomic E-state index is 0.217. The Hall–Kier alpha value is -3.42. The Kier molecular flexibility index (Phi) is 5.07. The van der Waals surface area contributed by atoms with E-state index >= 15 is 0 Å². The zero-order valence-electron chi connectivity index (χ0n) is 17.8. The average Bonchev–Trinajstić information content (AvgIpc) is 3.35. The number of nitrogens with one attached hydrogen (secondary N) is 2. The number of aromatic amines is 2. The van der Waals surface area contributed by atoms with Gasteiger partial charge in [-0.3, -0.25) is 0 Å². The standard InChI is InChI=1S/C24H21ClN4O3/c1-12(2)32-24(30)21-15(11-31-3)19-18(10-26-21)27-16-8-9-17-22(20(16)19)29-23(28-17)13-4-6-14(25)7-5-13/h4-10,12,27H,11H2,1-3H3,(H,28,29). The number of pyridine rings is 1. The number of halogens is 1. The minimum atomic E-state index is -0.470. The number of H-pyrrole nitrogens is 2. The van der Waals surface area contributed by atoms with Gasteiger partial charge in [-0.25, -0.2) is 14.8 Å². The van der Waals surface area contributed by atoms with E-state index in [1.165, 1.54) is 0 Å². The highest BCUT2D eigenvalue weighted by Gasteiger charge is 2.23. The Morgan fingerprint density at radius 1 is 1.06 bits per heavy atom. The first-order valence-electron chi connectivity index (χ1n) is 10.2. The lowest BCUT2D eigenvalue weighted by Crippen LogP contribution is -2.15. The lowest BCUT2D eigenvalue weighted by molar-refractivity contribution is 0.0366. The van der Waals surface area contributed by atoms with E-state index in [1.807, 2.05) is 50.2 Å². The van der Waals surface area contributed by atoms with Crippen LogP contribution in [0.25, 0.3) is 44.2 Å². The quantitative estimate of drug-likeness (QED) is 0.340. The molecule has 0 aliphatic heterocycles. The summed E-state index contributed by atoms with van der Waals surface area (Å²) in [5, 5.41) is 2.46. The summed E-state index contributed by atoms with van der Waals surface area (Å²) >= 11 is 6.04. The maximum atomic E-state index is 12.8. The molecule has 0 aliphatic carbocycles. The van der Waals surface area contributed by atoms with Crippen molar-refractivity contribution in [2.45, 2.75) is 26.6 Å². The van der Waals surface area contributed by atoms with E-state index in [9.17, 15) is 4.79 Å². The fourth-order valence-electron chi connectivity index (χ4n) is 4.00. The monoisotopic (exact) mass is 448 g/mol. The van der Waals surface area contributed by atoms with Crippen molar-refractivity contribution >= 4 is 50.4 Å². The Morgan fingerprint density at radius 3 is 2.56 bits per heavy atom. The van der Waals surface area contributed by atoms with Gasteiger partial charge in [-0.05, 0) is 50.2 Å². The zero-order chi connectivity index (χ0) is 22.4. The summed E-state index contributed by atoms with van der Waals surface area (Å²) in [4.78, 5) is 28.8. The lowest BCUT2D eigenvalue weighted by atomic mass is 10.0. The largest absolute Gasteiger partial charge is 0.458 e. The molecule has 0 saturated heterocycles. The maximum absolute atomic E-state index is 12.8. The molecule has 32 heavy (non-hydrogen) atoms. The Balaban J connectivity index is 1.79. The fraction of sp³-hybridized carbons (Fsp3) is 0.208. The van der Waals surface area contributed by atoms with Crippen LogP contribution in [0.15, 0.2) is 42.6 Å². The highest BCUT2D eigenvalue weighted by atomic mass is 35.5. The summed E-state index contributed by atoms with van der Waals surface area (Å²) in [6.07, 6.45) is 1.41. The van der Waals surface area contributed by atoms with Gasteiger partial charge < -0.3 is 19.4 Å². The summed E-state index contributed by atoms with van der Waals surface area (Å²) in [6, 6.07) is 11.5. The van der Waals surface area contributed by atoms with Gasteiger partial charge in [0.15, 0.2) is 5.69 Å². The number of nitrogens with zero attached hydrogens (tertiary/aromatic N) is 2. The molecule has 0 atom stereocenters. The van der Waals surface area contributed by atoms with E-state index in [1.54, 1.807) is 13.3 Å². The first-order chi connectivity index (χ1) is 15.5. The molecule has 0 saturated carbocycles. The summed E-state index contributed by atoms with van der Waals surface area (Å²) in [5.41, 5.74) is 5.26. The van der Waals surface area contributed by atoms with Gasteiger partial charge in [-0.1, -0.05) is 11.6 Å². The molecule has 0 amide bonds. The van der Waals surface area contributed by atoms with E-state index < -0.39 is 5.97 Å². The van der Waals surface area contributed by atoms with Crippen LogP contribution in [0, 0.1) is 0 Å². The number of methoxy groups -OCH3 is 1. The number of esters is 1. The molecule has 2 aromatic carbocycles. The molecule has 3 heterocycles. The van der Waals surface area contributed by atoms with E-state index in [2.05, 4.69) is 15.0 Å². The molecular weight excluding hydrogens is 428 g/mol. The van der Waals surface area contributed by atoms with Crippen LogP contribution in [0.2, 0.25) is 5.02 Å². The second-order valence-electron chi connectivity index (χ2n) is 7.86. The van der Waals surface area contributed by atoms with Crippen LogP contribution in [0.3, 0.4) is 0 Å². The van der Waals surface area contributed by atoms with Gasteiger partial charge in [0.05, 0.1) is 35.5 Å². The van der Waals surface area contributed by atoms with Gasteiger partial charge >= 0.3 is 5.97 Å². The van der Waals surface area contributed by atoms with Crippen molar-refractivity contribution in [1.82, 2.24) is 19.9 Å². The van der Waals surface area contributed by atoms with Crippen LogP contribution in [-0.2, 0) is 16.1 Å². The normalized spacial score (nSPS) is 11.8. The average molecular weight is 449 g/mol. The molecule has 3 aromatic heterocycles. The lowest BCUT2D eigenvalue weighted by Gasteiger charge is -2.12. The van der Waals surface area contributed by atoms with Gasteiger partial charge in [0, 0.05) is 39.5 Å². The van der Waals surface area contributed by atoms with E-state index in [0.29, 0.717) is 10.6 Å². The van der Waals surface area contributed by atoms with Gasteiger partial charge in [0.1, 0.15) is 5.82 Å². The molecule has 0 radical (unpaired) electrons. The third-order valence-corrected chi connectivity index (χ3v) is 5.55. The van der Waals surface area contributed by atoms with E-state index in [4.69, 9.17) is 26.1 Å². The number of imidazole rings is 1. The van der Waals surface area contributed by atoms with Crippen LogP contribution in [0.4, 0.5) is 0 Å². The van der Waals surface area contributed by atoms with Crippen LogP contribution in [0.5, 0.6) is 0 Å². The second kappa shape index (κ2) is 7.93.